The summed E-state index contributed by atoms with van der Waals surface area (Å²) in [5.41, 5.74) is 0.117. The Hall–Kier alpha value is -2.08. The van der Waals surface area contributed by atoms with Gasteiger partial charge in [-0.2, -0.15) is 0 Å². The summed E-state index contributed by atoms with van der Waals surface area (Å²) >= 11 is 1.19. The zero-order valence-corrected chi connectivity index (χ0v) is 10.2. The van der Waals surface area contributed by atoms with E-state index in [0.717, 1.165) is 5.76 Å². The van der Waals surface area contributed by atoms with Crippen molar-refractivity contribution in [1.82, 2.24) is 0 Å². The van der Waals surface area contributed by atoms with Crippen LogP contribution < -0.4 is 5.32 Å². The van der Waals surface area contributed by atoms with Crippen LogP contribution in [-0.2, 0) is 11.2 Å². The van der Waals surface area contributed by atoms with Gasteiger partial charge in [-0.25, -0.2) is 4.79 Å². The minimum absolute atomic E-state index is 0.117. The van der Waals surface area contributed by atoms with Crippen LogP contribution in [0.3, 0.4) is 0 Å². The summed E-state index contributed by atoms with van der Waals surface area (Å²) in [7, 11) is 0. The minimum Gasteiger partial charge on any atom is -0.478 e. The Bertz CT molecular complexity index is 544. The van der Waals surface area contributed by atoms with E-state index in [-0.39, 0.29) is 17.9 Å². The van der Waals surface area contributed by atoms with Crippen molar-refractivity contribution in [2.45, 2.75) is 12.8 Å². The quantitative estimate of drug-likeness (QED) is 0.870. The summed E-state index contributed by atoms with van der Waals surface area (Å²) in [4.78, 5) is 22.5. The molecule has 6 heteroatoms. The predicted octanol–water partition coefficient (Wildman–Crippen LogP) is 2.61. The van der Waals surface area contributed by atoms with E-state index < -0.39 is 5.97 Å². The Morgan fingerprint density at radius 1 is 1.39 bits per heavy atom. The minimum atomic E-state index is -1.04. The van der Waals surface area contributed by atoms with Crippen LogP contribution >= 0.6 is 11.3 Å². The summed E-state index contributed by atoms with van der Waals surface area (Å²) in [6.07, 6.45) is 2.30. The number of furan rings is 1. The molecule has 2 aromatic rings. The number of aryl methyl sites for hydroxylation is 1. The molecule has 0 spiro atoms. The number of nitrogens with one attached hydrogen (secondary N) is 1. The summed E-state index contributed by atoms with van der Waals surface area (Å²) < 4.78 is 5.11. The maximum atomic E-state index is 11.6. The maximum absolute atomic E-state index is 11.6. The molecule has 0 unspecified atom stereocenters. The number of hydrogen-bond acceptors (Lipinski definition) is 4. The van der Waals surface area contributed by atoms with E-state index >= 15 is 0 Å². The van der Waals surface area contributed by atoms with Gasteiger partial charge in [0.15, 0.2) is 0 Å². The third-order valence-corrected chi connectivity index (χ3v) is 3.16. The van der Waals surface area contributed by atoms with Crippen LogP contribution in [0, 0.1) is 0 Å². The molecule has 0 aliphatic heterocycles. The molecule has 2 aromatic heterocycles. The molecule has 1 amide bonds. The number of rotatable bonds is 5. The van der Waals surface area contributed by atoms with Gasteiger partial charge in [-0.3, -0.25) is 4.79 Å². The summed E-state index contributed by atoms with van der Waals surface area (Å²) in [6, 6.07) is 5.02. The van der Waals surface area contributed by atoms with E-state index in [9.17, 15) is 9.59 Å². The Morgan fingerprint density at radius 3 is 2.89 bits per heavy atom. The van der Waals surface area contributed by atoms with Crippen molar-refractivity contribution in [3.63, 3.8) is 0 Å². The summed E-state index contributed by atoms with van der Waals surface area (Å²) in [5.74, 6) is -0.538. The zero-order valence-electron chi connectivity index (χ0n) is 9.38. The molecule has 0 bridgehead atoms. The first-order chi connectivity index (χ1) is 8.66. The molecular weight excluding hydrogens is 254 g/mol. The lowest BCUT2D eigenvalue weighted by molar-refractivity contribution is -0.116. The second-order valence-electron chi connectivity index (χ2n) is 3.60. The molecule has 18 heavy (non-hydrogen) atoms. The smallest absolute Gasteiger partial charge is 0.338 e. The highest BCUT2D eigenvalue weighted by atomic mass is 32.1. The number of anilines is 1. The lowest BCUT2D eigenvalue weighted by atomic mass is 10.2. The standard InChI is InChI=1S/C12H11NO4S/c14-10(4-3-8-2-1-6-17-8)13-11-9(12(15)16)5-7-18-11/h1-2,5-7H,3-4H2,(H,13,14)(H,15,16). The van der Waals surface area contributed by atoms with Crippen LogP contribution in [0.5, 0.6) is 0 Å². The van der Waals surface area contributed by atoms with Crippen LogP contribution in [0.15, 0.2) is 34.3 Å². The van der Waals surface area contributed by atoms with E-state index in [2.05, 4.69) is 5.32 Å². The molecule has 0 aromatic carbocycles. The van der Waals surface area contributed by atoms with Crippen molar-refractivity contribution in [3.8, 4) is 0 Å². The van der Waals surface area contributed by atoms with Gasteiger partial charge in [-0.05, 0) is 23.6 Å². The number of amides is 1. The second kappa shape index (κ2) is 5.50. The molecule has 0 aliphatic carbocycles. The van der Waals surface area contributed by atoms with Crippen molar-refractivity contribution in [2.75, 3.05) is 5.32 Å². The molecular formula is C12H11NO4S. The monoisotopic (exact) mass is 265 g/mol. The molecule has 0 fully saturated rings. The number of aromatic carboxylic acids is 1. The third kappa shape index (κ3) is 2.98. The number of carbonyl (C=O) groups is 2. The number of hydrogen-bond donors (Lipinski definition) is 2. The van der Waals surface area contributed by atoms with Gasteiger partial charge in [0, 0.05) is 12.8 Å². The molecule has 0 aliphatic rings. The lowest BCUT2D eigenvalue weighted by Gasteiger charge is -2.03. The molecule has 2 N–H and O–H groups in total. The highest BCUT2D eigenvalue weighted by molar-refractivity contribution is 7.14. The van der Waals surface area contributed by atoms with E-state index in [1.54, 1.807) is 23.8 Å². The molecule has 0 saturated heterocycles. The predicted molar refractivity (Wildman–Crippen MR) is 66.9 cm³/mol. The highest BCUT2D eigenvalue weighted by Crippen LogP contribution is 2.23. The Morgan fingerprint density at radius 2 is 2.22 bits per heavy atom. The normalized spacial score (nSPS) is 10.2. The SMILES string of the molecule is O=C(CCc1ccco1)Nc1sccc1C(=O)O. The van der Waals surface area contributed by atoms with Gasteiger partial charge in [-0.1, -0.05) is 0 Å². The lowest BCUT2D eigenvalue weighted by Crippen LogP contribution is -2.13. The molecule has 0 atom stereocenters. The molecule has 5 nitrogen and oxygen atoms in total. The van der Waals surface area contributed by atoms with Gasteiger partial charge in [0.05, 0.1) is 11.8 Å². The van der Waals surface area contributed by atoms with E-state index in [1.165, 1.54) is 17.4 Å². The van der Waals surface area contributed by atoms with Gasteiger partial charge < -0.3 is 14.8 Å². The van der Waals surface area contributed by atoms with Gasteiger partial charge in [0.25, 0.3) is 0 Å². The van der Waals surface area contributed by atoms with Gasteiger partial charge in [-0.15, -0.1) is 11.3 Å². The number of carbonyl (C=O) groups excluding carboxylic acids is 1. The number of carboxylic acid groups (broad SMARTS) is 1. The third-order valence-electron chi connectivity index (χ3n) is 2.33. The molecule has 0 saturated carbocycles. The van der Waals surface area contributed by atoms with E-state index in [4.69, 9.17) is 9.52 Å². The largest absolute Gasteiger partial charge is 0.478 e. The van der Waals surface area contributed by atoms with E-state index in [1.807, 2.05) is 0 Å². The van der Waals surface area contributed by atoms with Crippen molar-refractivity contribution in [2.24, 2.45) is 0 Å². The van der Waals surface area contributed by atoms with Crippen molar-refractivity contribution in [1.29, 1.82) is 0 Å². The van der Waals surface area contributed by atoms with Crippen LogP contribution in [0.4, 0.5) is 5.00 Å². The van der Waals surface area contributed by atoms with Crippen LogP contribution in [0.2, 0.25) is 0 Å². The number of carboxylic acids is 1. The molecule has 2 heterocycles. The van der Waals surface area contributed by atoms with Crippen LogP contribution in [-0.4, -0.2) is 17.0 Å². The fraction of sp³-hybridized carbons (Fsp3) is 0.167. The van der Waals surface area contributed by atoms with Gasteiger partial charge in [0.2, 0.25) is 5.91 Å². The Labute approximate surface area is 107 Å². The van der Waals surface area contributed by atoms with Crippen molar-refractivity contribution >= 4 is 28.2 Å². The maximum Gasteiger partial charge on any atom is 0.338 e. The second-order valence-corrected chi connectivity index (χ2v) is 4.51. The Kier molecular flexibility index (Phi) is 3.78. The van der Waals surface area contributed by atoms with Crippen LogP contribution in [0.25, 0.3) is 0 Å². The topological polar surface area (TPSA) is 79.5 Å². The Balaban J connectivity index is 1.91. The van der Waals surface area contributed by atoms with Gasteiger partial charge in [0.1, 0.15) is 10.8 Å². The van der Waals surface area contributed by atoms with Gasteiger partial charge >= 0.3 is 5.97 Å². The zero-order chi connectivity index (χ0) is 13.0. The van der Waals surface area contributed by atoms with Crippen molar-refractivity contribution < 1.29 is 19.1 Å². The highest BCUT2D eigenvalue weighted by Gasteiger charge is 2.13. The van der Waals surface area contributed by atoms with Crippen molar-refractivity contribution in [3.05, 3.63) is 41.2 Å². The first-order valence-electron chi connectivity index (χ1n) is 5.30. The first-order valence-corrected chi connectivity index (χ1v) is 6.18. The fourth-order valence-corrected chi connectivity index (χ4v) is 2.25. The molecule has 94 valence electrons. The average molecular weight is 265 g/mol. The summed E-state index contributed by atoms with van der Waals surface area (Å²) in [5, 5.41) is 13.5. The average Bonchev–Trinajstić information content (AvgIpc) is 2.96. The number of thiophene rings is 1. The molecule has 0 radical (unpaired) electrons. The molecule has 2 rings (SSSR count). The first kappa shape index (κ1) is 12.4. The fourth-order valence-electron chi connectivity index (χ4n) is 1.46. The van der Waals surface area contributed by atoms with Crippen LogP contribution in [0.1, 0.15) is 22.5 Å². The van der Waals surface area contributed by atoms with E-state index in [0.29, 0.717) is 11.4 Å². The summed E-state index contributed by atoms with van der Waals surface area (Å²) in [6.45, 7) is 0.